The molecular formula is C17H17ClN2O3. The van der Waals surface area contributed by atoms with Gasteiger partial charge in [0.1, 0.15) is 18.1 Å². The van der Waals surface area contributed by atoms with Crippen LogP contribution in [0.2, 0.25) is 5.02 Å². The van der Waals surface area contributed by atoms with Crippen molar-refractivity contribution in [3.63, 3.8) is 0 Å². The lowest BCUT2D eigenvalue weighted by molar-refractivity contribution is 0.222. The first-order valence-corrected chi connectivity index (χ1v) is 7.65. The van der Waals surface area contributed by atoms with Crippen LogP contribution in [0.25, 0.3) is 0 Å². The van der Waals surface area contributed by atoms with E-state index in [1.54, 1.807) is 25.3 Å². The molecule has 1 atom stereocenters. The summed E-state index contributed by atoms with van der Waals surface area (Å²) in [6, 6.07) is 12.6. The van der Waals surface area contributed by atoms with Crippen molar-refractivity contribution in [2.75, 3.05) is 19.0 Å². The molecule has 2 aromatic rings. The minimum absolute atomic E-state index is 0.0707. The summed E-state index contributed by atoms with van der Waals surface area (Å²) in [6.45, 7) is 0.452. The Hall–Kier alpha value is -2.40. The van der Waals surface area contributed by atoms with Crippen LogP contribution in [0.3, 0.4) is 0 Å². The van der Waals surface area contributed by atoms with Crippen molar-refractivity contribution in [2.24, 2.45) is 0 Å². The first-order valence-electron chi connectivity index (χ1n) is 7.27. The Bertz CT molecular complexity index is 721. The smallest absolute Gasteiger partial charge is 0.319 e. The third kappa shape index (κ3) is 3.68. The SMILES string of the molecule is COc1ccc(NC(=O)N[C@H]2COc3ccccc3C2)cc1Cl. The second kappa shape index (κ2) is 6.79. The number of methoxy groups -OCH3 is 1. The number of hydrogen-bond acceptors (Lipinski definition) is 3. The third-order valence-electron chi connectivity index (χ3n) is 3.62. The van der Waals surface area contributed by atoms with Gasteiger partial charge in [0.2, 0.25) is 0 Å². The number of carbonyl (C=O) groups is 1. The molecular weight excluding hydrogens is 316 g/mol. The van der Waals surface area contributed by atoms with Crippen molar-refractivity contribution in [1.29, 1.82) is 0 Å². The molecule has 2 N–H and O–H groups in total. The summed E-state index contributed by atoms with van der Waals surface area (Å²) in [7, 11) is 1.54. The van der Waals surface area contributed by atoms with Crippen LogP contribution in [-0.2, 0) is 6.42 Å². The lowest BCUT2D eigenvalue weighted by atomic mass is 10.0. The summed E-state index contributed by atoms with van der Waals surface area (Å²) >= 11 is 6.04. The molecule has 0 unspecified atom stereocenters. The van der Waals surface area contributed by atoms with Gasteiger partial charge in [-0.2, -0.15) is 0 Å². The van der Waals surface area contributed by atoms with E-state index in [9.17, 15) is 4.79 Å². The number of urea groups is 1. The van der Waals surface area contributed by atoms with Gasteiger partial charge in [-0.05, 0) is 36.2 Å². The second-order valence-corrected chi connectivity index (χ2v) is 5.67. The number of anilines is 1. The Labute approximate surface area is 139 Å². The lowest BCUT2D eigenvalue weighted by Gasteiger charge is -2.26. The van der Waals surface area contributed by atoms with Crippen LogP contribution < -0.4 is 20.1 Å². The van der Waals surface area contributed by atoms with E-state index in [4.69, 9.17) is 21.1 Å². The van der Waals surface area contributed by atoms with E-state index in [1.165, 1.54) is 0 Å². The van der Waals surface area contributed by atoms with Crippen LogP contribution in [0.15, 0.2) is 42.5 Å². The van der Waals surface area contributed by atoms with E-state index in [-0.39, 0.29) is 12.1 Å². The summed E-state index contributed by atoms with van der Waals surface area (Å²) in [5.74, 6) is 1.45. The number of carbonyl (C=O) groups excluding carboxylic acids is 1. The molecule has 2 aromatic carbocycles. The fourth-order valence-corrected chi connectivity index (χ4v) is 2.78. The molecule has 0 aromatic heterocycles. The Morgan fingerprint density at radius 2 is 2.13 bits per heavy atom. The molecule has 0 radical (unpaired) electrons. The molecule has 1 heterocycles. The highest BCUT2D eigenvalue weighted by Gasteiger charge is 2.21. The maximum atomic E-state index is 12.1. The molecule has 0 spiro atoms. The van der Waals surface area contributed by atoms with Crippen LogP contribution >= 0.6 is 11.6 Å². The minimum Gasteiger partial charge on any atom is -0.495 e. The van der Waals surface area contributed by atoms with Gasteiger partial charge in [-0.25, -0.2) is 4.79 Å². The standard InChI is InChI=1S/C17H17ClN2O3/c1-22-16-7-6-12(9-14(16)18)19-17(21)20-13-8-11-4-2-3-5-15(11)23-10-13/h2-7,9,13H,8,10H2,1H3,(H2,19,20,21)/t13-/m1/s1. The zero-order valence-electron chi connectivity index (χ0n) is 12.6. The average Bonchev–Trinajstić information content (AvgIpc) is 2.55. The number of benzene rings is 2. The summed E-state index contributed by atoms with van der Waals surface area (Å²) in [6.07, 6.45) is 0.743. The Balaban J connectivity index is 1.59. The summed E-state index contributed by atoms with van der Waals surface area (Å²) in [4.78, 5) is 12.1. The molecule has 5 nitrogen and oxygen atoms in total. The first-order chi connectivity index (χ1) is 11.2. The van der Waals surface area contributed by atoms with E-state index >= 15 is 0 Å². The van der Waals surface area contributed by atoms with Gasteiger partial charge in [-0.1, -0.05) is 29.8 Å². The largest absolute Gasteiger partial charge is 0.495 e. The molecule has 0 aliphatic carbocycles. The molecule has 120 valence electrons. The van der Waals surface area contributed by atoms with Crippen molar-refractivity contribution in [2.45, 2.75) is 12.5 Å². The Morgan fingerprint density at radius 3 is 2.91 bits per heavy atom. The zero-order valence-corrected chi connectivity index (χ0v) is 13.4. The van der Waals surface area contributed by atoms with Gasteiger partial charge >= 0.3 is 6.03 Å². The van der Waals surface area contributed by atoms with E-state index < -0.39 is 0 Å². The highest BCUT2D eigenvalue weighted by Crippen LogP contribution is 2.27. The van der Waals surface area contributed by atoms with Crippen molar-refractivity contribution in [3.8, 4) is 11.5 Å². The van der Waals surface area contributed by atoms with Gasteiger partial charge in [0.25, 0.3) is 0 Å². The van der Waals surface area contributed by atoms with Crippen molar-refractivity contribution in [1.82, 2.24) is 5.32 Å². The Morgan fingerprint density at radius 1 is 1.30 bits per heavy atom. The lowest BCUT2D eigenvalue weighted by Crippen LogP contribution is -2.44. The Kier molecular flexibility index (Phi) is 4.57. The topological polar surface area (TPSA) is 59.6 Å². The quantitative estimate of drug-likeness (QED) is 0.904. The maximum Gasteiger partial charge on any atom is 0.319 e. The summed E-state index contributed by atoms with van der Waals surface area (Å²) in [5.41, 5.74) is 1.70. The second-order valence-electron chi connectivity index (χ2n) is 5.27. The first kappa shape index (κ1) is 15.5. The molecule has 0 bridgehead atoms. The molecule has 3 rings (SSSR count). The van der Waals surface area contributed by atoms with Gasteiger partial charge < -0.3 is 20.1 Å². The van der Waals surface area contributed by atoms with Gasteiger partial charge in [0.15, 0.2) is 0 Å². The number of fused-ring (bicyclic) bond motifs is 1. The third-order valence-corrected chi connectivity index (χ3v) is 3.92. The predicted molar refractivity (Wildman–Crippen MR) is 89.6 cm³/mol. The van der Waals surface area contributed by atoms with Gasteiger partial charge in [0.05, 0.1) is 18.2 Å². The highest BCUT2D eigenvalue weighted by molar-refractivity contribution is 6.32. The fraction of sp³-hybridized carbons (Fsp3) is 0.235. The molecule has 1 aliphatic rings. The molecule has 2 amide bonds. The average molecular weight is 333 g/mol. The van der Waals surface area contributed by atoms with Crippen LogP contribution in [0.5, 0.6) is 11.5 Å². The molecule has 1 aliphatic heterocycles. The van der Waals surface area contributed by atoms with Crippen LogP contribution in [-0.4, -0.2) is 25.8 Å². The van der Waals surface area contributed by atoms with Crippen molar-refractivity contribution >= 4 is 23.3 Å². The zero-order chi connectivity index (χ0) is 16.2. The van der Waals surface area contributed by atoms with Crippen molar-refractivity contribution < 1.29 is 14.3 Å². The van der Waals surface area contributed by atoms with Gasteiger partial charge in [-0.3, -0.25) is 0 Å². The molecule has 23 heavy (non-hydrogen) atoms. The number of hydrogen-bond donors (Lipinski definition) is 2. The van der Waals surface area contributed by atoms with E-state index in [0.717, 1.165) is 17.7 Å². The van der Waals surface area contributed by atoms with Crippen LogP contribution in [0, 0.1) is 0 Å². The van der Waals surface area contributed by atoms with Gasteiger partial charge in [-0.15, -0.1) is 0 Å². The highest BCUT2D eigenvalue weighted by atomic mass is 35.5. The number of halogens is 1. The van der Waals surface area contributed by atoms with E-state index in [2.05, 4.69) is 10.6 Å². The number of rotatable bonds is 3. The predicted octanol–water partition coefficient (Wildman–Crippen LogP) is 3.47. The monoisotopic (exact) mass is 332 g/mol. The normalized spacial score (nSPS) is 16.0. The maximum absolute atomic E-state index is 12.1. The fourth-order valence-electron chi connectivity index (χ4n) is 2.52. The molecule has 0 saturated heterocycles. The minimum atomic E-state index is -0.292. The molecule has 0 saturated carbocycles. The van der Waals surface area contributed by atoms with Crippen LogP contribution in [0.4, 0.5) is 10.5 Å². The number of amides is 2. The van der Waals surface area contributed by atoms with E-state index in [0.29, 0.717) is 23.1 Å². The van der Waals surface area contributed by atoms with Crippen molar-refractivity contribution in [3.05, 3.63) is 53.1 Å². The van der Waals surface area contributed by atoms with Crippen LogP contribution in [0.1, 0.15) is 5.56 Å². The number of ether oxygens (including phenoxy) is 2. The van der Waals surface area contributed by atoms with E-state index in [1.807, 2.05) is 24.3 Å². The van der Waals surface area contributed by atoms with Gasteiger partial charge in [0, 0.05) is 5.69 Å². The number of nitrogens with one attached hydrogen (secondary N) is 2. The molecule has 0 fully saturated rings. The summed E-state index contributed by atoms with van der Waals surface area (Å²) in [5, 5.41) is 6.11. The summed E-state index contributed by atoms with van der Waals surface area (Å²) < 4.78 is 10.7. The molecule has 6 heteroatoms. The number of para-hydroxylation sites is 1.